The molecule has 0 fully saturated rings. The first-order chi connectivity index (χ1) is 13.2. The van der Waals surface area contributed by atoms with Crippen molar-refractivity contribution in [3.63, 3.8) is 0 Å². The predicted octanol–water partition coefficient (Wildman–Crippen LogP) is 3.82. The van der Waals surface area contributed by atoms with Crippen LogP contribution in [0, 0.1) is 27.7 Å². The van der Waals surface area contributed by atoms with Gasteiger partial charge in [0.05, 0.1) is 5.69 Å². The van der Waals surface area contributed by atoms with Crippen LogP contribution in [0.25, 0.3) is 0 Å². The summed E-state index contributed by atoms with van der Waals surface area (Å²) in [6.07, 6.45) is 0. The molecule has 0 spiro atoms. The van der Waals surface area contributed by atoms with Crippen LogP contribution in [-0.2, 0) is 10.0 Å². The zero-order valence-electron chi connectivity index (χ0n) is 15.9. The molecule has 0 aliphatic carbocycles. The van der Waals surface area contributed by atoms with E-state index in [1.165, 1.54) is 0 Å². The Balaban J connectivity index is 1.81. The van der Waals surface area contributed by atoms with Crippen LogP contribution in [0.2, 0.25) is 0 Å². The summed E-state index contributed by atoms with van der Waals surface area (Å²) in [4.78, 5) is 12.4. The number of nitrogens with one attached hydrogen (secondary N) is 2. The highest BCUT2D eigenvalue weighted by Gasteiger charge is 2.23. The molecule has 9 heteroatoms. The molecule has 0 unspecified atom stereocenters. The summed E-state index contributed by atoms with van der Waals surface area (Å²) in [6.45, 7) is 7.45. The average Bonchev–Trinajstić information content (AvgIpc) is 3.08. The van der Waals surface area contributed by atoms with Gasteiger partial charge in [0, 0.05) is 5.56 Å². The van der Waals surface area contributed by atoms with E-state index in [4.69, 9.17) is 0 Å². The van der Waals surface area contributed by atoms with Crippen LogP contribution in [-0.4, -0.2) is 24.5 Å². The molecule has 0 saturated carbocycles. The molecule has 2 N–H and O–H groups in total. The number of aromatic nitrogens is 2. The second kappa shape index (κ2) is 7.69. The quantitative estimate of drug-likeness (QED) is 0.616. The van der Waals surface area contributed by atoms with Gasteiger partial charge in [0.1, 0.15) is 0 Å². The van der Waals surface area contributed by atoms with Crippen molar-refractivity contribution in [2.45, 2.75) is 32.0 Å². The normalized spacial score (nSPS) is 11.3. The molecule has 0 aliphatic rings. The van der Waals surface area contributed by atoms with Gasteiger partial charge in [0.2, 0.25) is 5.13 Å². The van der Waals surface area contributed by atoms with Crippen molar-refractivity contribution in [1.82, 2.24) is 10.2 Å². The third-order valence-corrected chi connectivity index (χ3v) is 6.72. The highest BCUT2D eigenvalue weighted by Crippen LogP contribution is 2.27. The zero-order chi connectivity index (χ0) is 20.5. The fourth-order valence-corrected chi connectivity index (χ4v) is 4.98. The van der Waals surface area contributed by atoms with Crippen molar-refractivity contribution < 1.29 is 13.2 Å². The number of aryl methyl sites for hydroxylation is 4. The second-order valence-electron chi connectivity index (χ2n) is 6.52. The minimum Gasteiger partial charge on any atom is -0.296 e. The van der Waals surface area contributed by atoms with Crippen molar-refractivity contribution in [2.75, 3.05) is 10.0 Å². The molecule has 0 bridgehead atoms. The summed E-state index contributed by atoms with van der Waals surface area (Å²) in [5.41, 5.74) is 4.51. The molecule has 0 aliphatic heterocycles. The third kappa shape index (κ3) is 4.20. The molecule has 1 aromatic heterocycles. The highest BCUT2D eigenvalue weighted by molar-refractivity contribution is 7.94. The summed E-state index contributed by atoms with van der Waals surface area (Å²) in [5.74, 6) is -0.364. The summed E-state index contributed by atoms with van der Waals surface area (Å²) < 4.78 is 27.8. The van der Waals surface area contributed by atoms with Gasteiger partial charge in [0.25, 0.3) is 20.3 Å². The Morgan fingerprint density at radius 3 is 2.25 bits per heavy atom. The molecule has 0 saturated heterocycles. The lowest BCUT2D eigenvalue weighted by atomic mass is 10.1. The molecular weight excluding hydrogens is 396 g/mol. The molecule has 3 aromatic rings. The van der Waals surface area contributed by atoms with Gasteiger partial charge in [0.15, 0.2) is 0 Å². The van der Waals surface area contributed by atoms with E-state index in [1.54, 1.807) is 12.1 Å². The fourth-order valence-electron chi connectivity index (χ4n) is 2.88. The summed E-state index contributed by atoms with van der Waals surface area (Å²) in [6, 6.07) is 10.9. The molecule has 1 heterocycles. The summed E-state index contributed by atoms with van der Waals surface area (Å²) in [5, 5.41) is 10.2. The number of carbonyl (C=O) groups excluding carboxylic acids is 1. The van der Waals surface area contributed by atoms with E-state index in [0.717, 1.165) is 33.6 Å². The van der Waals surface area contributed by atoms with Crippen molar-refractivity contribution in [3.8, 4) is 0 Å². The maximum Gasteiger partial charge on any atom is 0.291 e. The Morgan fingerprint density at radius 1 is 0.964 bits per heavy atom. The Morgan fingerprint density at radius 2 is 1.61 bits per heavy atom. The Hall–Kier alpha value is -2.78. The van der Waals surface area contributed by atoms with E-state index in [9.17, 15) is 13.2 Å². The maximum atomic E-state index is 12.7. The predicted molar refractivity (Wildman–Crippen MR) is 111 cm³/mol. The van der Waals surface area contributed by atoms with Gasteiger partial charge in [-0.1, -0.05) is 47.2 Å². The molecule has 0 radical (unpaired) electrons. The van der Waals surface area contributed by atoms with Gasteiger partial charge in [-0.25, -0.2) is 0 Å². The lowest BCUT2D eigenvalue weighted by molar-refractivity contribution is 0.102. The number of hydrogen-bond donors (Lipinski definition) is 2. The van der Waals surface area contributed by atoms with Gasteiger partial charge in [-0.05, 0) is 50.5 Å². The lowest BCUT2D eigenvalue weighted by Crippen LogP contribution is -2.14. The van der Waals surface area contributed by atoms with Crippen LogP contribution in [0.5, 0.6) is 0 Å². The summed E-state index contributed by atoms with van der Waals surface area (Å²) >= 11 is 0.798. The molecular formula is C19H20N4O3S2. The zero-order valence-corrected chi connectivity index (χ0v) is 17.5. The number of carbonyl (C=O) groups is 1. The van der Waals surface area contributed by atoms with Crippen molar-refractivity contribution >= 4 is 38.1 Å². The number of benzene rings is 2. The average molecular weight is 417 g/mol. The Labute approximate surface area is 167 Å². The van der Waals surface area contributed by atoms with Gasteiger partial charge in [-0.2, -0.15) is 8.42 Å². The van der Waals surface area contributed by atoms with Crippen molar-refractivity contribution in [2.24, 2.45) is 0 Å². The van der Waals surface area contributed by atoms with Gasteiger partial charge in [-0.3, -0.25) is 14.8 Å². The monoisotopic (exact) mass is 416 g/mol. The highest BCUT2D eigenvalue weighted by atomic mass is 32.2. The van der Waals surface area contributed by atoms with Crippen LogP contribution in [0.1, 0.15) is 32.6 Å². The Kier molecular flexibility index (Phi) is 5.48. The van der Waals surface area contributed by atoms with Gasteiger partial charge in [-0.15, -0.1) is 10.2 Å². The van der Waals surface area contributed by atoms with E-state index in [0.29, 0.717) is 11.3 Å². The van der Waals surface area contributed by atoms with E-state index in [1.807, 2.05) is 52.0 Å². The number of rotatable bonds is 5. The number of amides is 1. The van der Waals surface area contributed by atoms with Crippen molar-refractivity contribution in [1.29, 1.82) is 0 Å². The Bertz CT molecular complexity index is 1130. The number of anilines is 2. The smallest absolute Gasteiger partial charge is 0.291 e. The van der Waals surface area contributed by atoms with Crippen LogP contribution in [0.3, 0.4) is 0 Å². The van der Waals surface area contributed by atoms with Gasteiger partial charge >= 0.3 is 0 Å². The first kappa shape index (κ1) is 20.0. The SMILES string of the molecule is Cc1cc(C)c(NS(=O)(=O)c2nnc(NC(=O)c3ccccc3C)s2)c(C)c1. The molecule has 1 amide bonds. The first-order valence-electron chi connectivity index (χ1n) is 8.48. The van der Waals surface area contributed by atoms with E-state index >= 15 is 0 Å². The minimum absolute atomic E-state index is 0.117. The second-order valence-corrected chi connectivity index (χ2v) is 9.36. The number of sulfonamides is 1. The van der Waals surface area contributed by atoms with Crippen LogP contribution in [0.15, 0.2) is 40.7 Å². The first-order valence-corrected chi connectivity index (χ1v) is 10.8. The largest absolute Gasteiger partial charge is 0.296 e. The molecule has 146 valence electrons. The van der Waals surface area contributed by atoms with Crippen molar-refractivity contribution in [3.05, 3.63) is 64.2 Å². The molecule has 7 nitrogen and oxygen atoms in total. The summed E-state index contributed by atoms with van der Waals surface area (Å²) in [7, 11) is -3.92. The standard InChI is InChI=1S/C19H20N4O3S2/c1-11-9-13(3)16(14(4)10-11)23-28(25,26)19-22-21-18(27-19)20-17(24)15-8-6-5-7-12(15)2/h5-10,23H,1-4H3,(H,20,21,24). The van der Waals surface area contributed by atoms with E-state index in [-0.39, 0.29) is 15.4 Å². The van der Waals surface area contributed by atoms with Crippen LogP contribution in [0.4, 0.5) is 10.8 Å². The van der Waals surface area contributed by atoms with Gasteiger partial charge < -0.3 is 0 Å². The van der Waals surface area contributed by atoms with Crippen LogP contribution < -0.4 is 10.0 Å². The minimum atomic E-state index is -3.92. The molecule has 0 atom stereocenters. The maximum absolute atomic E-state index is 12.7. The topological polar surface area (TPSA) is 101 Å². The molecule has 3 rings (SSSR count). The molecule has 2 aromatic carbocycles. The van der Waals surface area contributed by atoms with E-state index in [2.05, 4.69) is 20.2 Å². The molecule has 28 heavy (non-hydrogen) atoms. The third-order valence-electron chi connectivity index (χ3n) is 4.16. The van der Waals surface area contributed by atoms with Crippen LogP contribution >= 0.6 is 11.3 Å². The lowest BCUT2D eigenvalue weighted by Gasteiger charge is -2.12. The van der Waals surface area contributed by atoms with E-state index < -0.39 is 10.0 Å². The number of hydrogen-bond acceptors (Lipinski definition) is 6. The number of nitrogens with zero attached hydrogens (tertiary/aromatic N) is 2. The fraction of sp³-hybridized carbons (Fsp3) is 0.211.